The number of methoxy groups -OCH3 is 2. The van der Waals surface area contributed by atoms with Crippen molar-refractivity contribution in [3.05, 3.63) is 93.3 Å². The van der Waals surface area contributed by atoms with Gasteiger partial charge in [0.05, 0.1) is 19.6 Å². The van der Waals surface area contributed by atoms with E-state index < -0.39 is 5.63 Å². The van der Waals surface area contributed by atoms with E-state index >= 15 is 0 Å². The van der Waals surface area contributed by atoms with Crippen LogP contribution in [-0.4, -0.2) is 14.2 Å². The molecule has 33 heavy (non-hydrogen) atoms. The van der Waals surface area contributed by atoms with Crippen molar-refractivity contribution in [2.24, 2.45) is 0 Å². The average molecular weight is 459 g/mol. The van der Waals surface area contributed by atoms with Crippen LogP contribution < -0.4 is 15.1 Å². The fraction of sp³-hybridized carbons (Fsp3) is 0.0741. The van der Waals surface area contributed by atoms with Gasteiger partial charge in [0.2, 0.25) is 0 Å². The van der Waals surface area contributed by atoms with Gasteiger partial charge in [0.15, 0.2) is 0 Å². The third-order valence-electron chi connectivity index (χ3n) is 5.38. The summed E-state index contributed by atoms with van der Waals surface area (Å²) in [5.74, 6) is 2.01. The number of ether oxygens (including phenoxy) is 2. The number of furan rings is 1. The molecule has 5 rings (SSSR count). The van der Waals surface area contributed by atoms with Gasteiger partial charge in [0, 0.05) is 28.1 Å². The first-order valence-electron chi connectivity index (χ1n) is 10.2. The third kappa shape index (κ3) is 4.11. The highest BCUT2D eigenvalue weighted by atomic mass is 35.5. The topological polar surface area (TPSA) is 61.8 Å². The molecule has 0 aliphatic rings. The monoisotopic (exact) mass is 458 g/mol. The number of halogens is 1. The van der Waals surface area contributed by atoms with Crippen molar-refractivity contribution < 1.29 is 18.3 Å². The molecule has 0 fully saturated rings. The summed E-state index contributed by atoms with van der Waals surface area (Å²) in [5, 5.41) is 2.13. The van der Waals surface area contributed by atoms with Gasteiger partial charge in [-0.2, -0.15) is 0 Å². The molecule has 0 N–H and O–H groups in total. The normalized spacial score (nSPS) is 11.5. The molecule has 0 aliphatic carbocycles. The minimum Gasteiger partial charge on any atom is -0.497 e. The predicted molar refractivity (Wildman–Crippen MR) is 131 cm³/mol. The van der Waals surface area contributed by atoms with Crippen LogP contribution in [0.4, 0.5) is 0 Å². The van der Waals surface area contributed by atoms with Crippen molar-refractivity contribution in [3.8, 4) is 22.8 Å². The Morgan fingerprint density at radius 3 is 2.33 bits per heavy atom. The maximum Gasteiger partial charge on any atom is 0.336 e. The van der Waals surface area contributed by atoms with Crippen LogP contribution in [0.15, 0.2) is 80.4 Å². The standard InChI is InChI=1S/C27H19ClO5/c1-30-20-10-16(11-21(14-20)31-2)6-7-17-13-26(29)33-27-22(17)8-9-24-23(27)15-25(32-24)18-4-3-5-19(28)12-18/h3-15H,1-2H3/b7-6+. The third-order valence-corrected chi connectivity index (χ3v) is 5.61. The first-order valence-corrected chi connectivity index (χ1v) is 10.6. The quantitative estimate of drug-likeness (QED) is 0.264. The summed E-state index contributed by atoms with van der Waals surface area (Å²) in [5.41, 5.74) is 3.11. The SMILES string of the molecule is COc1cc(/C=C/c2cc(=O)oc3c2ccc2oc(-c4cccc(Cl)c4)cc23)cc(OC)c1. The largest absolute Gasteiger partial charge is 0.497 e. The van der Waals surface area contributed by atoms with Gasteiger partial charge >= 0.3 is 5.63 Å². The number of hydrogen-bond acceptors (Lipinski definition) is 5. The molecule has 2 aromatic heterocycles. The van der Waals surface area contributed by atoms with E-state index in [2.05, 4.69) is 0 Å². The molecule has 6 heteroatoms. The van der Waals surface area contributed by atoms with Crippen molar-refractivity contribution in [2.45, 2.75) is 0 Å². The molecule has 0 saturated heterocycles. The Kier molecular flexibility index (Phi) is 5.40. The number of benzene rings is 3. The second kappa shape index (κ2) is 8.52. The fourth-order valence-corrected chi connectivity index (χ4v) is 3.98. The lowest BCUT2D eigenvalue weighted by atomic mass is 10.1. The predicted octanol–water partition coefficient (Wildman–Crippen LogP) is 7.05. The Hall–Kier alpha value is -3.96. The molecule has 0 radical (unpaired) electrons. The molecule has 0 bridgehead atoms. The number of hydrogen-bond donors (Lipinski definition) is 0. The Labute approximate surface area is 194 Å². The maximum absolute atomic E-state index is 12.4. The van der Waals surface area contributed by atoms with Crippen molar-refractivity contribution in [2.75, 3.05) is 14.2 Å². The van der Waals surface area contributed by atoms with Gasteiger partial charge in [-0.05, 0) is 53.6 Å². The van der Waals surface area contributed by atoms with Crippen molar-refractivity contribution in [1.82, 2.24) is 0 Å². The molecule has 3 aromatic carbocycles. The zero-order chi connectivity index (χ0) is 22.9. The van der Waals surface area contributed by atoms with E-state index in [1.807, 2.05) is 60.7 Å². The van der Waals surface area contributed by atoms with Gasteiger partial charge < -0.3 is 18.3 Å². The van der Waals surface area contributed by atoms with Crippen LogP contribution in [0.25, 0.3) is 45.4 Å². The Balaban J connectivity index is 1.63. The number of rotatable bonds is 5. The second-order valence-corrected chi connectivity index (χ2v) is 7.91. The summed E-state index contributed by atoms with van der Waals surface area (Å²) in [6.45, 7) is 0. The van der Waals surface area contributed by atoms with Crippen molar-refractivity contribution in [3.63, 3.8) is 0 Å². The summed E-state index contributed by atoms with van der Waals surface area (Å²) in [6, 6.07) is 20.1. The molecule has 0 saturated carbocycles. The molecule has 0 spiro atoms. The minimum atomic E-state index is -0.441. The summed E-state index contributed by atoms with van der Waals surface area (Å²) < 4.78 is 22.3. The summed E-state index contributed by atoms with van der Waals surface area (Å²) in [7, 11) is 3.21. The van der Waals surface area contributed by atoms with E-state index in [0.717, 1.165) is 27.5 Å². The van der Waals surface area contributed by atoms with E-state index in [1.165, 1.54) is 6.07 Å². The minimum absolute atomic E-state index is 0.441. The molecule has 0 atom stereocenters. The highest BCUT2D eigenvalue weighted by Gasteiger charge is 2.13. The number of fused-ring (bicyclic) bond motifs is 3. The lowest BCUT2D eigenvalue weighted by Gasteiger charge is -2.06. The zero-order valence-electron chi connectivity index (χ0n) is 17.9. The Morgan fingerprint density at radius 1 is 0.818 bits per heavy atom. The molecule has 164 valence electrons. The molecule has 0 unspecified atom stereocenters. The zero-order valence-corrected chi connectivity index (χ0v) is 18.7. The first kappa shape index (κ1) is 20.9. The van der Waals surface area contributed by atoms with Gasteiger partial charge in [-0.3, -0.25) is 0 Å². The van der Waals surface area contributed by atoms with E-state index in [4.69, 9.17) is 29.9 Å². The Morgan fingerprint density at radius 2 is 1.61 bits per heavy atom. The summed E-state index contributed by atoms with van der Waals surface area (Å²) >= 11 is 6.13. The molecule has 0 aliphatic heterocycles. The molecular weight excluding hydrogens is 440 g/mol. The van der Waals surface area contributed by atoms with Crippen LogP contribution in [0.3, 0.4) is 0 Å². The molecule has 5 aromatic rings. The smallest absolute Gasteiger partial charge is 0.336 e. The first-order chi connectivity index (χ1) is 16.0. The van der Waals surface area contributed by atoms with Gasteiger partial charge in [0.25, 0.3) is 0 Å². The van der Waals surface area contributed by atoms with Crippen molar-refractivity contribution in [1.29, 1.82) is 0 Å². The van der Waals surface area contributed by atoms with E-state index in [-0.39, 0.29) is 0 Å². The fourth-order valence-electron chi connectivity index (χ4n) is 3.79. The van der Waals surface area contributed by atoms with Gasteiger partial charge in [0.1, 0.15) is 28.4 Å². The Bertz CT molecular complexity index is 1550. The van der Waals surface area contributed by atoms with Crippen LogP contribution >= 0.6 is 11.6 Å². The van der Waals surface area contributed by atoms with Gasteiger partial charge in [-0.15, -0.1) is 0 Å². The lowest BCUT2D eigenvalue weighted by Crippen LogP contribution is -1.98. The maximum atomic E-state index is 12.4. The second-order valence-electron chi connectivity index (χ2n) is 7.48. The highest BCUT2D eigenvalue weighted by molar-refractivity contribution is 6.30. The van der Waals surface area contributed by atoms with Crippen LogP contribution in [0.2, 0.25) is 5.02 Å². The average Bonchev–Trinajstić information content (AvgIpc) is 3.27. The van der Waals surface area contributed by atoms with Crippen LogP contribution in [-0.2, 0) is 0 Å². The summed E-state index contributed by atoms with van der Waals surface area (Å²) in [6.07, 6.45) is 3.77. The van der Waals surface area contributed by atoms with E-state index in [9.17, 15) is 4.79 Å². The molecule has 2 heterocycles. The van der Waals surface area contributed by atoms with Gasteiger partial charge in [-0.25, -0.2) is 4.79 Å². The van der Waals surface area contributed by atoms with Crippen molar-refractivity contribution >= 4 is 45.7 Å². The molecule has 5 nitrogen and oxygen atoms in total. The van der Waals surface area contributed by atoms with Crippen LogP contribution in [0.5, 0.6) is 11.5 Å². The van der Waals surface area contributed by atoms with Crippen LogP contribution in [0.1, 0.15) is 11.1 Å². The highest BCUT2D eigenvalue weighted by Crippen LogP contribution is 2.34. The van der Waals surface area contributed by atoms with E-state index in [1.54, 1.807) is 26.4 Å². The lowest BCUT2D eigenvalue weighted by molar-refractivity contribution is 0.394. The van der Waals surface area contributed by atoms with E-state index in [0.29, 0.717) is 33.4 Å². The molecular formula is C27H19ClO5. The molecule has 0 amide bonds. The van der Waals surface area contributed by atoms with Gasteiger partial charge in [-0.1, -0.05) is 35.9 Å². The van der Waals surface area contributed by atoms with Crippen LogP contribution in [0, 0.1) is 0 Å². The summed E-state index contributed by atoms with van der Waals surface area (Å²) in [4.78, 5) is 12.4.